The molecule has 5 nitrogen and oxygen atoms in total. The first-order valence-corrected chi connectivity index (χ1v) is 5.65. The summed E-state index contributed by atoms with van der Waals surface area (Å²) in [4.78, 5) is 11.0. The number of carboxylic acid groups (broad SMARTS) is 1. The van der Waals surface area contributed by atoms with Crippen molar-refractivity contribution in [3.05, 3.63) is 23.3 Å². The zero-order chi connectivity index (χ0) is 13.7. The molecule has 1 aromatic carbocycles. The number of nitrogens with one attached hydrogen (secondary N) is 1. The highest BCUT2D eigenvalue weighted by Gasteiger charge is 2.19. The Bertz CT molecular complexity index is 431. The summed E-state index contributed by atoms with van der Waals surface area (Å²) in [5, 5.41) is 11.8. The summed E-state index contributed by atoms with van der Waals surface area (Å²) in [5.74, 6) is 0.514. The third kappa shape index (κ3) is 3.13. The predicted molar refractivity (Wildman–Crippen MR) is 68.5 cm³/mol. The van der Waals surface area contributed by atoms with Gasteiger partial charge in [0.05, 0.1) is 14.2 Å². The van der Waals surface area contributed by atoms with Crippen molar-refractivity contribution in [3.8, 4) is 11.5 Å². The maximum Gasteiger partial charge on any atom is 0.321 e. The highest BCUT2D eigenvalue weighted by molar-refractivity contribution is 5.74. The number of methoxy groups -OCH3 is 2. The Morgan fingerprint density at radius 1 is 1.33 bits per heavy atom. The van der Waals surface area contributed by atoms with Crippen molar-refractivity contribution in [2.24, 2.45) is 0 Å². The Labute approximate surface area is 107 Å². The monoisotopic (exact) mass is 253 g/mol. The maximum atomic E-state index is 11.0. The van der Waals surface area contributed by atoms with E-state index in [1.165, 1.54) is 0 Å². The topological polar surface area (TPSA) is 67.8 Å². The van der Waals surface area contributed by atoms with E-state index < -0.39 is 12.0 Å². The number of aliphatic carboxylic acids is 1. The number of benzene rings is 1. The van der Waals surface area contributed by atoms with E-state index in [9.17, 15) is 4.79 Å². The molecule has 5 heteroatoms. The van der Waals surface area contributed by atoms with E-state index in [0.29, 0.717) is 12.2 Å². The largest absolute Gasteiger partial charge is 0.496 e. The Hall–Kier alpha value is -1.75. The van der Waals surface area contributed by atoms with Gasteiger partial charge in [-0.05, 0) is 37.2 Å². The summed E-state index contributed by atoms with van der Waals surface area (Å²) in [6.07, 6.45) is 0.339. The first-order valence-electron chi connectivity index (χ1n) is 5.65. The van der Waals surface area contributed by atoms with Crippen LogP contribution in [0.5, 0.6) is 11.5 Å². The van der Waals surface area contributed by atoms with Crippen molar-refractivity contribution in [2.75, 3.05) is 21.3 Å². The molecule has 0 aliphatic heterocycles. The minimum absolute atomic E-state index is 0.339. The molecule has 0 aromatic heterocycles. The number of ether oxygens (including phenoxy) is 2. The standard InChI is InChI=1S/C13H19NO4/c1-8-5-12(18-4)9(7-11(8)17-3)6-10(14-2)13(15)16/h5,7,10,14H,6H2,1-4H3,(H,15,16). The van der Waals surface area contributed by atoms with E-state index in [-0.39, 0.29) is 0 Å². The van der Waals surface area contributed by atoms with Crippen LogP contribution >= 0.6 is 0 Å². The molecule has 2 N–H and O–H groups in total. The quantitative estimate of drug-likeness (QED) is 0.798. The summed E-state index contributed by atoms with van der Waals surface area (Å²) in [6, 6.07) is 3.02. The number of rotatable bonds is 6. The minimum Gasteiger partial charge on any atom is -0.496 e. The van der Waals surface area contributed by atoms with Gasteiger partial charge in [0.2, 0.25) is 0 Å². The van der Waals surface area contributed by atoms with E-state index in [1.54, 1.807) is 21.3 Å². The number of aryl methyl sites for hydroxylation is 1. The summed E-state index contributed by atoms with van der Waals surface area (Å²) in [5.41, 5.74) is 1.76. The van der Waals surface area contributed by atoms with E-state index in [1.807, 2.05) is 19.1 Å². The molecule has 100 valence electrons. The van der Waals surface area contributed by atoms with Gasteiger partial charge in [0.25, 0.3) is 0 Å². The molecule has 0 saturated carbocycles. The normalized spacial score (nSPS) is 12.0. The van der Waals surface area contributed by atoms with Crippen molar-refractivity contribution in [1.29, 1.82) is 0 Å². The maximum absolute atomic E-state index is 11.0. The van der Waals surface area contributed by atoms with Gasteiger partial charge in [-0.2, -0.15) is 0 Å². The number of carboxylic acids is 1. The van der Waals surface area contributed by atoms with Gasteiger partial charge in [-0.1, -0.05) is 0 Å². The molecular weight excluding hydrogens is 234 g/mol. The van der Waals surface area contributed by atoms with Crippen LogP contribution in [0.3, 0.4) is 0 Å². The molecule has 1 aromatic rings. The zero-order valence-corrected chi connectivity index (χ0v) is 11.1. The summed E-state index contributed by atoms with van der Waals surface area (Å²) in [6.45, 7) is 1.91. The summed E-state index contributed by atoms with van der Waals surface area (Å²) >= 11 is 0. The molecule has 0 saturated heterocycles. The van der Waals surface area contributed by atoms with Crippen molar-refractivity contribution in [3.63, 3.8) is 0 Å². The van der Waals surface area contributed by atoms with E-state index in [0.717, 1.165) is 16.9 Å². The molecule has 18 heavy (non-hydrogen) atoms. The van der Waals surface area contributed by atoms with Gasteiger partial charge in [-0.3, -0.25) is 4.79 Å². The van der Waals surface area contributed by atoms with Gasteiger partial charge in [0, 0.05) is 6.42 Å². The summed E-state index contributed by atoms with van der Waals surface area (Å²) < 4.78 is 10.5. The fraction of sp³-hybridized carbons (Fsp3) is 0.462. The second kappa shape index (κ2) is 6.26. The highest BCUT2D eigenvalue weighted by Crippen LogP contribution is 2.29. The number of hydrogen-bond donors (Lipinski definition) is 2. The highest BCUT2D eigenvalue weighted by atomic mass is 16.5. The first kappa shape index (κ1) is 14.3. The zero-order valence-electron chi connectivity index (χ0n) is 11.1. The lowest BCUT2D eigenvalue weighted by Gasteiger charge is -2.16. The second-order valence-electron chi connectivity index (χ2n) is 4.02. The second-order valence-corrected chi connectivity index (χ2v) is 4.02. The van der Waals surface area contributed by atoms with Crippen LogP contribution in [-0.4, -0.2) is 38.4 Å². The number of likely N-dealkylation sites (N-methyl/N-ethyl adjacent to an activating group) is 1. The minimum atomic E-state index is -0.890. The Kier molecular flexibility index (Phi) is 4.97. The fourth-order valence-electron chi connectivity index (χ4n) is 1.81. The van der Waals surface area contributed by atoms with Gasteiger partial charge < -0.3 is 19.9 Å². The van der Waals surface area contributed by atoms with Gasteiger partial charge in [-0.15, -0.1) is 0 Å². The average molecular weight is 253 g/mol. The Balaban J connectivity index is 3.09. The molecule has 1 rings (SSSR count). The fourth-order valence-corrected chi connectivity index (χ4v) is 1.81. The van der Waals surface area contributed by atoms with Crippen molar-refractivity contribution in [1.82, 2.24) is 5.32 Å². The lowest BCUT2D eigenvalue weighted by Crippen LogP contribution is -2.35. The molecular formula is C13H19NO4. The van der Waals surface area contributed by atoms with Crippen LogP contribution in [0.15, 0.2) is 12.1 Å². The van der Waals surface area contributed by atoms with E-state index in [4.69, 9.17) is 14.6 Å². The van der Waals surface area contributed by atoms with Gasteiger partial charge in [0.15, 0.2) is 0 Å². The molecule has 0 fully saturated rings. The first-order chi connectivity index (χ1) is 8.53. The van der Waals surface area contributed by atoms with Crippen molar-refractivity contribution >= 4 is 5.97 Å². The van der Waals surface area contributed by atoms with Gasteiger partial charge >= 0.3 is 5.97 Å². The van der Waals surface area contributed by atoms with Crippen LogP contribution in [-0.2, 0) is 11.2 Å². The van der Waals surface area contributed by atoms with E-state index >= 15 is 0 Å². The van der Waals surface area contributed by atoms with Crippen LogP contribution in [0.2, 0.25) is 0 Å². The lowest BCUT2D eigenvalue weighted by atomic mass is 10.0. The van der Waals surface area contributed by atoms with Gasteiger partial charge in [-0.25, -0.2) is 0 Å². The predicted octanol–water partition coefficient (Wildman–Crippen LogP) is 1.23. The SMILES string of the molecule is CNC(Cc1cc(OC)c(C)cc1OC)C(=O)O. The molecule has 0 amide bonds. The molecule has 1 atom stereocenters. The molecule has 0 heterocycles. The number of carbonyl (C=O) groups is 1. The van der Waals surface area contributed by atoms with Crippen molar-refractivity contribution < 1.29 is 19.4 Å². The van der Waals surface area contributed by atoms with Crippen LogP contribution in [0.4, 0.5) is 0 Å². The summed E-state index contributed by atoms with van der Waals surface area (Å²) in [7, 11) is 4.78. The van der Waals surface area contributed by atoms with Gasteiger partial charge in [0.1, 0.15) is 17.5 Å². The van der Waals surface area contributed by atoms with Crippen LogP contribution < -0.4 is 14.8 Å². The molecule has 0 radical (unpaired) electrons. The Morgan fingerprint density at radius 2 is 1.94 bits per heavy atom. The third-order valence-electron chi connectivity index (χ3n) is 2.87. The van der Waals surface area contributed by atoms with Crippen LogP contribution in [0, 0.1) is 6.92 Å². The van der Waals surface area contributed by atoms with E-state index in [2.05, 4.69) is 5.32 Å². The van der Waals surface area contributed by atoms with Crippen LogP contribution in [0.1, 0.15) is 11.1 Å². The third-order valence-corrected chi connectivity index (χ3v) is 2.87. The average Bonchev–Trinajstić information content (AvgIpc) is 2.36. The molecule has 0 spiro atoms. The number of hydrogen-bond acceptors (Lipinski definition) is 4. The molecule has 0 aliphatic rings. The smallest absolute Gasteiger partial charge is 0.321 e. The molecule has 1 unspecified atom stereocenters. The molecule has 0 aliphatic carbocycles. The van der Waals surface area contributed by atoms with Crippen LogP contribution in [0.25, 0.3) is 0 Å². The lowest BCUT2D eigenvalue weighted by molar-refractivity contribution is -0.139. The molecule has 0 bridgehead atoms. The Morgan fingerprint density at radius 3 is 2.39 bits per heavy atom. The van der Waals surface area contributed by atoms with Crippen molar-refractivity contribution in [2.45, 2.75) is 19.4 Å².